The summed E-state index contributed by atoms with van der Waals surface area (Å²) >= 11 is 0. The number of fused-ring (bicyclic) bond motifs is 2. The van der Waals surface area contributed by atoms with Crippen LogP contribution in [0, 0.1) is 0 Å². The fourth-order valence-electron chi connectivity index (χ4n) is 5.20. The zero-order valence-electron chi connectivity index (χ0n) is 23.2. The molecule has 10 atom stereocenters. The third-order valence-electron chi connectivity index (χ3n) is 7.24. The maximum atomic E-state index is 13.2. The lowest BCUT2D eigenvalue weighted by molar-refractivity contribution is -0.0649. The minimum atomic E-state index is -5.14. The van der Waals surface area contributed by atoms with Crippen LogP contribution in [0.15, 0.2) is 23.8 Å². The second kappa shape index (κ2) is 12.6. The molecule has 0 spiro atoms. The molecule has 250 valence electrons. The minimum Gasteiger partial charge on any atom is -0.394 e. The highest BCUT2D eigenvalue weighted by Crippen LogP contribution is 2.50. The van der Waals surface area contributed by atoms with Gasteiger partial charge in [0.05, 0.1) is 25.9 Å². The first kappa shape index (κ1) is 32.5. The largest absolute Gasteiger partial charge is 0.472 e. The van der Waals surface area contributed by atoms with Crippen LogP contribution >= 0.6 is 15.9 Å². The molecule has 4 aromatic rings. The predicted octanol–water partition coefficient (Wildman–Crippen LogP) is -3.06. The molecule has 6 unspecified atom stereocenters. The number of rotatable bonds is 11. The van der Waals surface area contributed by atoms with Crippen LogP contribution in [0.2, 0.25) is 0 Å². The van der Waals surface area contributed by atoms with Gasteiger partial charge in [0.15, 0.2) is 35.1 Å². The Morgan fingerprint density at radius 2 is 1.70 bits per heavy atom. The number of phosphoric acid groups is 1. The Bertz CT molecular complexity index is 1870. The molecule has 4 aromatic heterocycles. The van der Waals surface area contributed by atoms with Crippen LogP contribution in [0.1, 0.15) is 12.5 Å². The number of aliphatic hydroxyl groups is 3. The van der Waals surface area contributed by atoms with Crippen molar-refractivity contribution in [1.82, 2.24) is 39.0 Å². The molecule has 2 fully saturated rings. The van der Waals surface area contributed by atoms with E-state index in [1.54, 1.807) is 0 Å². The summed E-state index contributed by atoms with van der Waals surface area (Å²) in [6, 6.07) is 0. The molecule has 2 saturated heterocycles. The number of H-pyrrole nitrogens is 1. The molecule has 25 heteroatoms. The SMILES string of the molecule is Nc1nc2c(ncn2[C@@H]2O[C@H](CO)C(O)C2OP(=O)(O)OC[C@H]2O[C@@H](n3cnc4c(N)ncnc43)C(O)C2OC[PH](=O)O)c(=O)[nH]1. The van der Waals surface area contributed by atoms with E-state index in [2.05, 4.69) is 29.9 Å². The van der Waals surface area contributed by atoms with Gasteiger partial charge in [0, 0.05) is 0 Å². The second-order valence-electron chi connectivity index (χ2n) is 10.2. The van der Waals surface area contributed by atoms with Crippen molar-refractivity contribution in [3.63, 3.8) is 0 Å². The molecule has 0 amide bonds. The Morgan fingerprint density at radius 3 is 2.41 bits per heavy atom. The monoisotopic (exact) mass is 690 g/mol. The lowest BCUT2D eigenvalue weighted by atomic mass is 10.1. The molecule has 0 aromatic carbocycles. The number of hydrogen-bond donors (Lipinski definition) is 8. The van der Waals surface area contributed by atoms with Crippen molar-refractivity contribution in [2.24, 2.45) is 0 Å². The number of nitrogens with two attached hydrogens (primary N) is 2. The number of aliphatic hydroxyl groups excluding tert-OH is 3. The Labute approximate surface area is 256 Å². The van der Waals surface area contributed by atoms with Crippen molar-refractivity contribution >= 4 is 49.9 Å². The van der Waals surface area contributed by atoms with Gasteiger partial charge in [-0.15, -0.1) is 0 Å². The topological polar surface area (TPSA) is 341 Å². The normalized spacial score (nSPS) is 30.3. The van der Waals surface area contributed by atoms with Crippen LogP contribution < -0.4 is 17.0 Å². The molecule has 23 nitrogen and oxygen atoms in total. The van der Waals surface area contributed by atoms with Crippen molar-refractivity contribution in [2.45, 2.75) is 49.1 Å². The van der Waals surface area contributed by atoms with Gasteiger partial charge in [0.1, 0.15) is 54.8 Å². The van der Waals surface area contributed by atoms with Crippen LogP contribution in [-0.4, -0.2) is 120 Å². The molecule has 0 aliphatic carbocycles. The molecule has 0 bridgehead atoms. The van der Waals surface area contributed by atoms with Crippen LogP contribution in [0.3, 0.4) is 0 Å². The highest BCUT2D eigenvalue weighted by Gasteiger charge is 2.51. The summed E-state index contributed by atoms with van der Waals surface area (Å²) in [6.07, 6.45) is -8.78. The smallest absolute Gasteiger partial charge is 0.394 e. The number of aromatic nitrogens is 8. The number of ether oxygens (including phenoxy) is 3. The van der Waals surface area contributed by atoms with E-state index in [1.165, 1.54) is 10.9 Å². The van der Waals surface area contributed by atoms with E-state index in [1.807, 2.05) is 0 Å². The maximum absolute atomic E-state index is 13.2. The third kappa shape index (κ3) is 6.03. The van der Waals surface area contributed by atoms with E-state index >= 15 is 0 Å². The molecule has 0 radical (unpaired) electrons. The molecule has 6 rings (SSSR count). The quantitative estimate of drug-likeness (QED) is 0.0724. The molecule has 6 heterocycles. The number of aromatic amines is 1. The van der Waals surface area contributed by atoms with Crippen LogP contribution in [0.5, 0.6) is 0 Å². The van der Waals surface area contributed by atoms with E-state index in [-0.39, 0.29) is 34.1 Å². The summed E-state index contributed by atoms with van der Waals surface area (Å²) in [4.78, 5) is 54.5. The number of imidazole rings is 2. The van der Waals surface area contributed by atoms with Crippen LogP contribution in [0.4, 0.5) is 11.8 Å². The van der Waals surface area contributed by atoms with Gasteiger partial charge in [-0.2, -0.15) is 4.98 Å². The summed E-state index contributed by atoms with van der Waals surface area (Å²) in [7, 11) is -8.31. The van der Waals surface area contributed by atoms with E-state index in [4.69, 9.17) is 34.7 Å². The first-order valence-corrected chi connectivity index (χ1v) is 16.4. The molecule has 10 N–H and O–H groups in total. The molecular formula is C21H28N10O13P2. The summed E-state index contributed by atoms with van der Waals surface area (Å²) in [6.45, 7) is -1.50. The number of nitrogen functional groups attached to an aromatic ring is 2. The number of nitrogens with one attached hydrogen (secondary N) is 1. The molecule has 46 heavy (non-hydrogen) atoms. The Morgan fingerprint density at radius 1 is 1.00 bits per heavy atom. The fraction of sp³-hybridized carbons (Fsp3) is 0.524. The zero-order valence-corrected chi connectivity index (χ0v) is 25.1. The second-order valence-corrected chi connectivity index (χ2v) is 12.6. The van der Waals surface area contributed by atoms with Gasteiger partial charge >= 0.3 is 7.82 Å². The molecular weight excluding hydrogens is 662 g/mol. The summed E-state index contributed by atoms with van der Waals surface area (Å²) in [5.41, 5.74) is 10.9. The minimum absolute atomic E-state index is 0.0516. The third-order valence-corrected chi connectivity index (χ3v) is 8.64. The van der Waals surface area contributed by atoms with Crippen LogP contribution in [-0.2, 0) is 32.4 Å². The Kier molecular flexibility index (Phi) is 8.93. The fourth-order valence-corrected chi connectivity index (χ4v) is 6.47. The molecule has 2 aliphatic heterocycles. The van der Waals surface area contributed by atoms with Gasteiger partial charge in [-0.1, -0.05) is 0 Å². The van der Waals surface area contributed by atoms with E-state index in [0.29, 0.717) is 0 Å². The summed E-state index contributed by atoms with van der Waals surface area (Å²) < 4.78 is 54.4. The number of hydrogen-bond acceptors (Lipinski definition) is 18. The number of anilines is 2. The number of nitrogens with zero attached hydrogens (tertiary/aromatic N) is 7. The van der Waals surface area contributed by atoms with E-state index in [0.717, 1.165) is 17.2 Å². The average Bonchev–Trinajstić information content (AvgIpc) is 3.76. The maximum Gasteiger partial charge on any atom is 0.472 e. The highest BCUT2D eigenvalue weighted by atomic mass is 31.2. The van der Waals surface area contributed by atoms with Crippen molar-refractivity contribution in [3.8, 4) is 0 Å². The highest BCUT2D eigenvalue weighted by molar-refractivity contribution is 7.47. The lowest BCUT2D eigenvalue weighted by Gasteiger charge is -2.25. The van der Waals surface area contributed by atoms with E-state index < -0.39 is 90.1 Å². The average molecular weight is 690 g/mol. The zero-order chi connectivity index (χ0) is 32.9. The molecule has 2 aliphatic rings. The van der Waals surface area contributed by atoms with Gasteiger partial charge in [-0.25, -0.2) is 24.5 Å². The van der Waals surface area contributed by atoms with Gasteiger partial charge in [-0.05, 0) is 0 Å². The van der Waals surface area contributed by atoms with Gasteiger partial charge in [0.2, 0.25) is 14.0 Å². The molecule has 0 saturated carbocycles. The van der Waals surface area contributed by atoms with Gasteiger partial charge in [0.25, 0.3) is 5.56 Å². The van der Waals surface area contributed by atoms with Crippen molar-refractivity contribution in [2.75, 3.05) is 31.0 Å². The summed E-state index contributed by atoms with van der Waals surface area (Å²) in [5, 5.41) is 31.6. The summed E-state index contributed by atoms with van der Waals surface area (Å²) in [5.74, 6) is -0.222. The standard InChI is InChI=1S/C21H28N10O13P2/c22-15-9-16(25-3-24-15)30(4-26-9)19-12(34)13(40-6-45(36)37)8(43-19)2-41-46(38,39)44-14-11(33)7(1-32)42-20(14)31-5-27-10-17(31)28-21(23)29-18(10)35/h3-5,7-8,11-14,19-20,32-34,45H,1-2,6H2,(H,36,37)(H,38,39)(H2,22,24,25)(H3,23,28,29,35)/t7-,8-,11?,12?,13?,14?,19-,20-/m1/s1. The first-order valence-electron chi connectivity index (χ1n) is 13.3. The predicted molar refractivity (Wildman–Crippen MR) is 151 cm³/mol. The van der Waals surface area contributed by atoms with Crippen molar-refractivity contribution in [3.05, 3.63) is 29.3 Å². The number of phosphoric ester groups is 1. The van der Waals surface area contributed by atoms with Crippen LogP contribution in [0.25, 0.3) is 22.3 Å². The van der Waals surface area contributed by atoms with Gasteiger partial charge < -0.3 is 50.8 Å². The van der Waals surface area contributed by atoms with Gasteiger partial charge in [-0.3, -0.25) is 32.5 Å². The van der Waals surface area contributed by atoms with Crippen molar-refractivity contribution in [1.29, 1.82) is 0 Å². The first-order chi connectivity index (χ1) is 21.9. The van der Waals surface area contributed by atoms with E-state index in [9.17, 15) is 39.0 Å². The van der Waals surface area contributed by atoms with Crippen molar-refractivity contribution < 1.29 is 57.5 Å². The Hall–Kier alpha value is -3.44. The Balaban J connectivity index is 1.22. The lowest BCUT2D eigenvalue weighted by Crippen LogP contribution is -2.37.